The minimum atomic E-state index is -0.0799. The van der Waals surface area contributed by atoms with Gasteiger partial charge in [0.15, 0.2) is 11.5 Å². The zero-order valence-electron chi connectivity index (χ0n) is 8.72. The number of hydrogen-bond acceptors (Lipinski definition) is 4. The Hall–Kier alpha value is -1.26. The zero-order chi connectivity index (χ0) is 11.0. The number of likely N-dealkylation sites (tertiary alicyclic amines) is 1. The van der Waals surface area contributed by atoms with E-state index in [2.05, 4.69) is 4.90 Å². The number of benzene rings is 1. The van der Waals surface area contributed by atoms with Crippen LogP contribution in [0, 0.1) is 0 Å². The normalized spacial score (nSPS) is 27.1. The molecule has 1 aliphatic heterocycles. The third-order valence-corrected chi connectivity index (χ3v) is 2.96. The van der Waals surface area contributed by atoms with Crippen LogP contribution in [0.5, 0.6) is 11.5 Å². The van der Waals surface area contributed by atoms with Crippen molar-refractivity contribution in [3.63, 3.8) is 0 Å². The predicted molar refractivity (Wildman–Crippen MR) is 57.7 cm³/mol. The second-order valence-corrected chi connectivity index (χ2v) is 4.20. The molecule has 4 N–H and O–H groups in total. The van der Waals surface area contributed by atoms with Gasteiger partial charge in [-0.3, -0.25) is 4.90 Å². The van der Waals surface area contributed by atoms with Gasteiger partial charge >= 0.3 is 0 Å². The third-order valence-electron chi connectivity index (χ3n) is 2.96. The van der Waals surface area contributed by atoms with Gasteiger partial charge in [-0.1, -0.05) is 6.07 Å². The van der Waals surface area contributed by atoms with Crippen molar-refractivity contribution in [3.8, 4) is 11.5 Å². The van der Waals surface area contributed by atoms with E-state index in [-0.39, 0.29) is 23.6 Å². The van der Waals surface area contributed by atoms with Crippen LogP contribution in [0.4, 0.5) is 0 Å². The van der Waals surface area contributed by atoms with Gasteiger partial charge in [0.2, 0.25) is 0 Å². The first-order valence-corrected chi connectivity index (χ1v) is 5.05. The first-order valence-electron chi connectivity index (χ1n) is 5.05. The minimum absolute atomic E-state index is 0.0682. The molecule has 4 heteroatoms. The highest BCUT2D eigenvalue weighted by Crippen LogP contribution is 2.34. The van der Waals surface area contributed by atoms with Gasteiger partial charge in [0.05, 0.1) is 0 Å². The number of phenols is 2. The van der Waals surface area contributed by atoms with Crippen LogP contribution in [0.3, 0.4) is 0 Å². The zero-order valence-corrected chi connectivity index (χ0v) is 8.72. The van der Waals surface area contributed by atoms with E-state index < -0.39 is 0 Å². The maximum Gasteiger partial charge on any atom is 0.157 e. The monoisotopic (exact) mass is 208 g/mol. The molecule has 2 unspecified atom stereocenters. The van der Waals surface area contributed by atoms with Gasteiger partial charge in [-0.25, -0.2) is 0 Å². The van der Waals surface area contributed by atoms with Crippen LogP contribution in [-0.4, -0.2) is 34.7 Å². The molecule has 0 aliphatic carbocycles. The standard InChI is InChI=1S/C11H16N2O2/c1-13-6-8(12)5-9(13)7-2-3-10(14)11(15)4-7/h2-4,8-9,14-15H,5-6,12H2,1H3. The summed E-state index contributed by atoms with van der Waals surface area (Å²) in [5.74, 6) is -0.148. The van der Waals surface area contributed by atoms with Crippen molar-refractivity contribution in [2.45, 2.75) is 18.5 Å². The van der Waals surface area contributed by atoms with Gasteiger partial charge in [0, 0.05) is 18.6 Å². The van der Waals surface area contributed by atoms with Crippen LogP contribution >= 0.6 is 0 Å². The van der Waals surface area contributed by atoms with Crippen molar-refractivity contribution in [1.29, 1.82) is 0 Å². The highest BCUT2D eigenvalue weighted by Gasteiger charge is 2.28. The number of aromatic hydroxyl groups is 2. The molecule has 82 valence electrons. The number of likely N-dealkylation sites (N-methyl/N-ethyl adjacent to an activating group) is 1. The molecular weight excluding hydrogens is 192 g/mol. The summed E-state index contributed by atoms with van der Waals surface area (Å²) >= 11 is 0. The van der Waals surface area contributed by atoms with E-state index in [0.29, 0.717) is 0 Å². The first-order chi connectivity index (χ1) is 7.08. The number of phenolic OH excluding ortho intramolecular Hbond substituents is 2. The Morgan fingerprint density at radius 2 is 2.07 bits per heavy atom. The molecule has 1 aliphatic rings. The van der Waals surface area contributed by atoms with Crippen molar-refractivity contribution in [1.82, 2.24) is 4.90 Å². The number of nitrogens with two attached hydrogens (primary N) is 1. The Kier molecular flexibility index (Phi) is 2.54. The van der Waals surface area contributed by atoms with Crippen LogP contribution in [0.2, 0.25) is 0 Å². The van der Waals surface area contributed by atoms with Gasteiger partial charge in [-0.2, -0.15) is 0 Å². The highest BCUT2D eigenvalue weighted by molar-refractivity contribution is 5.41. The fourth-order valence-electron chi connectivity index (χ4n) is 2.18. The number of nitrogens with zero attached hydrogens (tertiary/aromatic N) is 1. The number of hydrogen-bond donors (Lipinski definition) is 3. The molecule has 0 amide bonds. The molecule has 0 aromatic heterocycles. The van der Waals surface area contributed by atoms with Crippen molar-refractivity contribution in [2.24, 2.45) is 5.73 Å². The average molecular weight is 208 g/mol. The van der Waals surface area contributed by atoms with E-state index >= 15 is 0 Å². The van der Waals surface area contributed by atoms with E-state index in [4.69, 9.17) is 5.73 Å². The Bertz CT molecular complexity index is 368. The van der Waals surface area contributed by atoms with E-state index in [0.717, 1.165) is 18.5 Å². The van der Waals surface area contributed by atoms with Gasteiger partial charge in [-0.15, -0.1) is 0 Å². The molecule has 15 heavy (non-hydrogen) atoms. The lowest BCUT2D eigenvalue weighted by molar-refractivity contribution is 0.314. The molecule has 1 fully saturated rings. The van der Waals surface area contributed by atoms with Gasteiger partial charge in [0.1, 0.15) is 0 Å². The molecule has 2 atom stereocenters. The lowest BCUT2D eigenvalue weighted by Gasteiger charge is -2.19. The Morgan fingerprint density at radius 1 is 1.33 bits per heavy atom. The molecule has 1 heterocycles. The molecule has 1 saturated heterocycles. The topological polar surface area (TPSA) is 69.7 Å². The third kappa shape index (κ3) is 1.91. The minimum Gasteiger partial charge on any atom is -0.504 e. The van der Waals surface area contributed by atoms with E-state index in [1.807, 2.05) is 13.1 Å². The second-order valence-electron chi connectivity index (χ2n) is 4.20. The summed E-state index contributed by atoms with van der Waals surface area (Å²) in [6.07, 6.45) is 0.890. The molecule has 2 rings (SSSR count). The summed E-state index contributed by atoms with van der Waals surface area (Å²) in [4.78, 5) is 2.16. The molecule has 0 saturated carbocycles. The number of rotatable bonds is 1. The highest BCUT2D eigenvalue weighted by atomic mass is 16.3. The fraction of sp³-hybridized carbons (Fsp3) is 0.455. The van der Waals surface area contributed by atoms with Crippen molar-refractivity contribution in [2.75, 3.05) is 13.6 Å². The SMILES string of the molecule is CN1CC(N)CC1c1ccc(O)c(O)c1. The molecule has 4 nitrogen and oxygen atoms in total. The molecule has 1 aromatic rings. The van der Waals surface area contributed by atoms with Crippen molar-refractivity contribution in [3.05, 3.63) is 23.8 Å². The van der Waals surface area contributed by atoms with Crippen LogP contribution < -0.4 is 5.73 Å². The van der Waals surface area contributed by atoms with Gasteiger partial charge in [0.25, 0.3) is 0 Å². The smallest absolute Gasteiger partial charge is 0.157 e. The average Bonchev–Trinajstić information content (AvgIpc) is 2.50. The van der Waals surface area contributed by atoms with Crippen LogP contribution in [0.15, 0.2) is 18.2 Å². The van der Waals surface area contributed by atoms with Gasteiger partial charge in [-0.05, 0) is 31.2 Å². The quantitative estimate of drug-likeness (QED) is 0.597. The molecule has 0 spiro atoms. The molecule has 1 aromatic carbocycles. The van der Waals surface area contributed by atoms with Crippen LogP contribution in [0.1, 0.15) is 18.0 Å². The summed E-state index contributed by atoms with van der Waals surface area (Å²) in [6.45, 7) is 0.867. The summed E-state index contributed by atoms with van der Waals surface area (Å²) in [5.41, 5.74) is 6.87. The van der Waals surface area contributed by atoms with Crippen molar-refractivity contribution < 1.29 is 10.2 Å². The van der Waals surface area contributed by atoms with Crippen molar-refractivity contribution >= 4 is 0 Å². The first kappa shape index (κ1) is 10.3. The summed E-state index contributed by atoms with van der Waals surface area (Å²) in [5, 5.41) is 18.6. The molecule has 0 bridgehead atoms. The van der Waals surface area contributed by atoms with E-state index in [9.17, 15) is 10.2 Å². The summed E-state index contributed by atoms with van der Waals surface area (Å²) < 4.78 is 0. The van der Waals surface area contributed by atoms with E-state index in [1.165, 1.54) is 6.07 Å². The van der Waals surface area contributed by atoms with Gasteiger partial charge < -0.3 is 15.9 Å². The Balaban J connectivity index is 2.26. The Labute approximate surface area is 88.9 Å². The van der Waals surface area contributed by atoms with E-state index in [1.54, 1.807) is 6.07 Å². The Morgan fingerprint density at radius 3 is 2.60 bits per heavy atom. The second kappa shape index (κ2) is 3.72. The summed E-state index contributed by atoms with van der Waals surface area (Å²) in [6, 6.07) is 5.38. The largest absolute Gasteiger partial charge is 0.504 e. The predicted octanol–water partition coefficient (Wildman–Crippen LogP) is 0.802. The lowest BCUT2D eigenvalue weighted by Crippen LogP contribution is -2.24. The lowest BCUT2D eigenvalue weighted by atomic mass is 10.0. The van der Waals surface area contributed by atoms with Crippen LogP contribution in [-0.2, 0) is 0 Å². The maximum atomic E-state index is 9.41. The molecule has 0 radical (unpaired) electrons. The molecular formula is C11H16N2O2. The van der Waals surface area contributed by atoms with Crippen LogP contribution in [0.25, 0.3) is 0 Å². The maximum absolute atomic E-state index is 9.41. The fourth-order valence-corrected chi connectivity index (χ4v) is 2.18. The summed E-state index contributed by atoms with van der Waals surface area (Å²) in [7, 11) is 2.02.